The number of hydrogen-bond donors (Lipinski definition) is 0. The van der Waals surface area contributed by atoms with Crippen LogP contribution in [0, 0.1) is 11.8 Å². The number of nitrogens with zero attached hydrogens (tertiary/aromatic N) is 2. The summed E-state index contributed by atoms with van der Waals surface area (Å²) in [5, 5.41) is 0. The lowest BCUT2D eigenvalue weighted by molar-refractivity contribution is 0.248. The van der Waals surface area contributed by atoms with Crippen molar-refractivity contribution in [3.63, 3.8) is 0 Å². The van der Waals surface area contributed by atoms with Gasteiger partial charge in [0.15, 0.2) is 0 Å². The molecule has 0 radical (unpaired) electrons. The van der Waals surface area contributed by atoms with E-state index in [2.05, 4.69) is 49.3 Å². The van der Waals surface area contributed by atoms with Gasteiger partial charge in [0.25, 0.3) is 0 Å². The van der Waals surface area contributed by atoms with Gasteiger partial charge in [0.2, 0.25) is 0 Å². The SMILES string of the molecule is CCCCCCCC1CCC(CCc2cncnc2-c2ccccc2CCCC)CC1. The smallest absolute Gasteiger partial charge is 0.116 e. The summed E-state index contributed by atoms with van der Waals surface area (Å²) in [4.78, 5) is 9.12. The molecule has 170 valence electrons. The predicted octanol–water partition coefficient (Wildman–Crippen LogP) is 8.59. The van der Waals surface area contributed by atoms with Crippen molar-refractivity contribution in [2.75, 3.05) is 0 Å². The molecule has 1 aromatic carbocycles. The van der Waals surface area contributed by atoms with Crippen LogP contribution in [0.3, 0.4) is 0 Å². The highest BCUT2D eigenvalue weighted by atomic mass is 14.8. The normalized spacial score (nSPS) is 18.9. The van der Waals surface area contributed by atoms with Crippen LogP contribution in [0.1, 0.15) is 108 Å². The minimum Gasteiger partial charge on any atom is -0.244 e. The Morgan fingerprint density at radius 1 is 0.742 bits per heavy atom. The number of hydrogen-bond acceptors (Lipinski definition) is 2. The van der Waals surface area contributed by atoms with Crippen LogP contribution < -0.4 is 0 Å². The summed E-state index contributed by atoms with van der Waals surface area (Å²) >= 11 is 0. The summed E-state index contributed by atoms with van der Waals surface area (Å²) in [5.41, 5.74) is 5.26. The van der Waals surface area contributed by atoms with Crippen molar-refractivity contribution in [2.45, 2.75) is 110 Å². The van der Waals surface area contributed by atoms with Gasteiger partial charge in [0.1, 0.15) is 6.33 Å². The van der Waals surface area contributed by atoms with E-state index in [1.807, 2.05) is 0 Å². The molecule has 1 aliphatic carbocycles. The highest BCUT2D eigenvalue weighted by Crippen LogP contribution is 2.35. The maximum Gasteiger partial charge on any atom is 0.116 e. The van der Waals surface area contributed by atoms with Crippen molar-refractivity contribution < 1.29 is 0 Å². The van der Waals surface area contributed by atoms with Crippen LogP contribution in [0.25, 0.3) is 11.3 Å². The van der Waals surface area contributed by atoms with Crippen LogP contribution in [0.2, 0.25) is 0 Å². The number of benzene rings is 1. The highest BCUT2D eigenvalue weighted by Gasteiger charge is 2.21. The third kappa shape index (κ3) is 7.74. The van der Waals surface area contributed by atoms with Gasteiger partial charge in [0, 0.05) is 11.8 Å². The molecule has 1 aromatic heterocycles. The van der Waals surface area contributed by atoms with E-state index < -0.39 is 0 Å². The summed E-state index contributed by atoms with van der Waals surface area (Å²) in [7, 11) is 0. The summed E-state index contributed by atoms with van der Waals surface area (Å²) in [5.74, 6) is 1.89. The zero-order chi connectivity index (χ0) is 21.7. The van der Waals surface area contributed by atoms with Crippen molar-refractivity contribution in [3.05, 3.63) is 47.9 Å². The molecule has 2 heteroatoms. The van der Waals surface area contributed by atoms with Crippen molar-refractivity contribution in [1.29, 1.82) is 0 Å². The molecule has 2 nitrogen and oxygen atoms in total. The van der Waals surface area contributed by atoms with Crippen molar-refractivity contribution in [1.82, 2.24) is 9.97 Å². The van der Waals surface area contributed by atoms with Crippen LogP contribution in [0.4, 0.5) is 0 Å². The molecular weight excluding hydrogens is 376 g/mol. The molecule has 1 saturated carbocycles. The zero-order valence-corrected chi connectivity index (χ0v) is 20.1. The average Bonchev–Trinajstić information content (AvgIpc) is 2.82. The Balaban J connectivity index is 1.50. The molecule has 0 N–H and O–H groups in total. The molecule has 2 aromatic rings. The fourth-order valence-corrected chi connectivity index (χ4v) is 5.33. The number of unbranched alkanes of at least 4 members (excludes halogenated alkanes) is 5. The summed E-state index contributed by atoms with van der Waals surface area (Å²) in [6, 6.07) is 8.85. The zero-order valence-electron chi connectivity index (χ0n) is 20.1. The predicted molar refractivity (Wildman–Crippen MR) is 133 cm³/mol. The van der Waals surface area contributed by atoms with E-state index in [1.165, 1.54) is 106 Å². The Hall–Kier alpha value is -1.70. The lowest BCUT2D eigenvalue weighted by atomic mass is 9.77. The van der Waals surface area contributed by atoms with Crippen molar-refractivity contribution in [3.8, 4) is 11.3 Å². The number of rotatable bonds is 13. The van der Waals surface area contributed by atoms with Gasteiger partial charge in [-0.1, -0.05) is 109 Å². The first-order valence-electron chi connectivity index (χ1n) is 13.2. The Labute approximate surface area is 191 Å². The first-order valence-corrected chi connectivity index (χ1v) is 13.2. The fourth-order valence-electron chi connectivity index (χ4n) is 5.33. The van der Waals surface area contributed by atoms with E-state index in [0.717, 1.165) is 24.7 Å². The molecule has 0 atom stereocenters. The minimum atomic E-state index is 0.889. The van der Waals surface area contributed by atoms with Crippen LogP contribution in [-0.4, -0.2) is 9.97 Å². The standard InChI is InChI=1S/C29H44N2/c1-3-5-7-8-9-12-24-16-18-25(19-17-24)20-21-27-22-30-23-31-29(27)28-15-11-10-14-26(28)13-6-4-2/h10-11,14-15,22-25H,3-9,12-13,16-21H2,1-2H3. The molecule has 1 heterocycles. The molecule has 31 heavy (non-hydrogen) atoms. The summed E-state index contributed by atoms with van der Waals surface area (Å²) in [6.45, 7) is 4.57. The Bertz CT molecular complexity index is 746. The van der Waals surface area contributed by atoms with E-state index in [-0.39, 0.29) is 0 Å². The average molecular weight is 421 g/mol. The quantitative estimate of drug-likeness (QED) is 0.303. The maximum atomic E-state index is 4.74. The monoisotopic (exact) mass is 420 g/mol. The van der Waals surface area contributed by atoms with Gasteiger partial charge in [-0.3, -0.25) is 0 Å². The third-order valence-corrected chi connectivity index (χ3v) is 7.36. The Morgan fingerprint density at radius 2 is 1.45 bits per heavy atom. The molecule has 3 rings (SSSR count). The molecule has 0 amide bonds. The topological polar surface area (TPSA) is 25.8 Å². The van der Waals surface area contributed by atoms with Crippen molar-refractivity contribution >= 4 is 0 Å². The molecule has 0 aliphatic heterocycles. The van der Waals surface area contributed by atoms with Crippen LogP contribution in [0.5, 0.6) is 0 Å². The van der Waals surface area contributed by atoms with Gasteiger partial charge in [-0.15, -0.1) is 0 Å². The van der Waals surface area contributed by atoms with Crippen LogP contribution >= 0.6 is 0 Å². The molecule has 0 unspecified atom stereocenters. The van der Waals surface area contributed by atoms with Crippen LogP contribution in [0.15, 0.2) is 36.8 Å². The fraction of sp³-hybridized carbons (Fsp3) is 0.655. The second-order valence-electron chi connectivity index (χ2n) is 9.79. The summed E-state index contributed by atoms with van der Waals surface area (Å²) in [6.07, 6.45) is 24.2. The summed E-state index contributed by atoms with van der Waals surface area (Å²) < 4.78 is 0. The van der Waals surface area contributed by atoms with E-state index in [9.17, 15) is 0 Å². The van der Waals surface area contributed by atoms with Crippen LogP contribution in [-0.2, 0) is 12.8 Å². The van der Waals surface area contributed by atoms with E-state index in [1.54, 1.807) is 6.33 Å². The third-order valence-electron chi connectivity index (χ3n) is 7.36. The molecule has 1 fully saturated rings. The highest BCUT2D eigenvalue weighted by molar-refractivity contribution is 5.66. The van der Waals surface area contributed by atoms with E-state index >= 15 is 0 Å². The van der Waals surface area contributed by atoms with Gasteiger partial charge in [-0.2, -0.15) is 0 Å². The van der Waals surface area contributed by atoms with Gasteiger partial charge in [0.05, 0.1) is 5.69 Å². The van der Waals surface area contributed by atoms with Gasteiger partial charge < -0.3 is 0 Å². The molecule has 1 aliphatic rings. The largest absolute Gasteiger partial charge is 0.244 e. The minimum absolute atomic E-state index is 0.889. The van der Waals surface area contributed by atoms with Gasteiger partial charge in [-0.05, 0) is 48.6 Å². The molecule has 0 bridgehead atoms. The first kappa shape index (κ1) is 24.0. The second kappa shape index (κ2) is 13.7. The lowest BCUT2D eigenvalue weighted by Gasteiger charge is -2.28. The van der Waals surface area contributed by atoms with E-state index in [0.29, 0.717) is 0 Å². The second-order valence-corrected chi connectivity index (χ2v) is 9.79. The van der Waals surface area contributed by atoms with Crippen molar-refractivity contribution in [2.24, 2.45) is 11.8 Å². The number of aryl methyl sites for hydroxylation is 2. The molecular formula is C29H44N2. The Kier molecular flexibility index (Phi) is 10.6. The molecule has 0 spiro atoms. The lowest BCUT2D eigenvalue weighted by Crippen LogP contribution is -2.15. The number of aromatic nitrogens is 2. The van der Waals surface area contributed by atoms with Gasteiger partial charge in [-0.25, -0.2) is 9.97 Å². The van der Waals surface area contributed by atoms with E-state index in [4.69, 9.17) is 4.98 Å². The maximum absolute atomic E-state index is 4.74. The van der Waals surface area contributed by atoms with Gasteiger partial charge >= 0.3 is 0 Å². The Morgan fingerprint density at radius 3 is 2.23 bits per heavy atom. The molecule has 0 saturated heterocycles. The first-order chi connectivity index (χ1) is 15.3.